The lowest BCUT2D eigenvalue weighted by molar-refractivity contribution is -0.126. The van der Waals surface area contributed by atoms with Crippen LogP contribution in [-0.2, 0) is 19.4 Å². The molecule has 0 radical (unpaired) electrons. The second-order valence-corrected chi connectivity index (χ2v) is 12.8. The van der Waals surface area contributed by atoms with E-state index in [9.17, 15) is 36.0 Å². The van der Waals surface area contributed by atoms with E-state index in [0.29, 0.717) is 21.3 Å². The number of carbonyl (C=O) groups is 3. The first-order valence-electron chi connectivity index (χ1n) is 12.6. The van der Waals surface area contributed by atoms with Gasteiger partial charge in [0.1, 0.15) is 11.6 Å². The lowest BCUT2D eigenvalue weighted by atomic mass is 10.0. The van der Waals surface area contributed by atoms with Crippen LogP contribution < -0.4 is 16.0 Å². The van der Waals surface area contributed by atoms with Gasteiger partial charge in [-0.15, -0.1) is 11.3 Å². The molecule has 1 aliphatic rings. The Morgan fingerprint density at radius 3 is 2.49 bits per heavy atom. The van der Waals surface area contributed by atoms with Crippen molar-refractivity contribution < 1.29 is 41.1 Å². The Balaban J connectivity index is 1.59. The molecule has 1 atom stereocenters. The van der Waals surface area contributed by atoms with E-state index >= 15 is 0 Å². The van der Waals surface area contributed by atoms with Crippen LogP contribution in [0.3, 0.4) is 0 Å². The number of halogens is 3. The number of hydrogen-bond donors (Lipinski definition) is 4. The van der Waals surface area contributed by atoms with Gasteiger partial charge in [0.2, 0.25) is 11.8 Å². The summed E-state index contributed by atoms with van der Waals surface area (Å²) in [5, 5.41) is 14.3. The van der Waals surface area contributed by atoms with Crippen molar-refractivity contribution in [2.24, 2.45) is 0 Å². The molecule has 220 valence electrons. The summed E-state index contributed by atoms with van der Waals surface area (Å²) in [5.41, 5.74) is 1.44. The average molecular weight is 613 g/mol. The summed E-state index contributed by atoms with van der Waals surface area (Å²) in [5.74, 6) is -2.71. The van der Waals surface area contributed by atoms with Gasteiger partial charge >= 0.3 is 6.18 Å². The summed E-state index contributed by atoms with van der Waals surface area (Å²) in [6, 6.07) is 11.0. The first kappa shape index (κ1) is 30.4. The SMILES string of the molecule is O=C(CNC(=O)C(c1nc2cc(-c3cccc(C(=O)NCC(F)(F)F)c3)ccc2s1)S(=O)(=O)CCCO)NC1CC1. The molecule has 2 aromatic carbocycles. The highest BCUT2D eigenvalue weighted by Crippen LogP contribution is 2.34. The topological polar surface area (TPSA) is 155 Å². The Kier molecular flexibility index (Phi) is 9.29. The maximum absolute atomic E-state index is 13.1. The normalized spacial score (nSPS) is 14.4. The van der Waals surface area contributed by atoms with Crippen LogP contribution in [0.2, 0.25) is 0 Å². The Morgan fingerprint density at radius 2 is 1.80 bits per heavy atom. The standard InChI is InChI=1S/C26H27F3N4O6S2/c27-26(28,29)14-31-23(36)17-4-1-3-15(11-17)16-5-8-20-19(12-16)33-25(40-20)22(41(38,39)10-2-9-34)24(37)30-13-21(35)32-18-6-7-18/h1,3-5,8,11-12,18,22,34H,2,6-7,9-10,13-14H2,(H,30,37)(H,31,36)(H,32,35). The highest BCUT2D eigenvalue weighted by molar-refractivity contribution is 7.92. The highest BCUT2D eigenvalue weighted by Gasteiger charge is 2.37. The van der Waals surface area contributed by atoms with Gasteiger partial charge in [0.05, 0.1) is 22.5 Å². The molecule has 10 nitrogen and oxygen atoms in total. The lowest BCUT2D eigenvalue weighted by Crippen LogP contribution is -2.41. The quantitative estimate of drug-likeness (QED) is 0.245. The average Bonchev–Trinajstić information content (AvgIpc) is 3.64. The number of rotatable bonds is 12. The second kappa shape index (κ2) is 12.5. The number of nitrogens with one attached hydrogen (secondary N) is 3. The molecule has 1 unspecified atom stereocenters. The molecule has 0 saturated heterocycles. The minimum Gasteiger partial charge on any atom is -0.396 e. The monoisotopic (exact) mass is 612 g/mol. The smallest absolute Gasteiger partial charge is 0.396 e. The van der Waals surface area contributed by atoms with Gasteiger partial charge in [0.25, 0.3) is 5.91 Å². The molecular formula is C26H27F3N4O6S2. The molecule has 1 aliphatic carbocycles. The van der Waals surface area contributed by atoms with Crippen LogP contribution in [0.4, 0.5) is 13.2 Å². The van der Waals surface area contributed by atoms with Crippen LogP contribution in [0.25, 0.3) is 21.3 Å². The number of hydrogen-bond acceptors (Lipinski definition) is 8. The fraction of sp³-hybridized carbons (Fsp3) is 0.385. The predicted octanol–water partition coefficient (Wildman–Crippen LogP) is 2.49. The van der Waals surface area contributed by atoms with Crippen molar-refractivity contribution in [3.63, 3.8) is 0 Å². The van der Waals surface area contributed by atoms with E-state index in [1.807, 2.05) is 5.32 Å². The minimum atomic E-state index is -4.55. The van der Waals surface area contributed by atoms with Gasteiger partial charge in [-0.05, 0) is 54.7 Å². The number of thiazole rings is 1. The Bertz CT molecular complexity index is 1550. The molecule has 1 fully saturated rings. The van der Waals surface area contributed by atoms with Gasteiger partial charge in [-0.3, -0.25) is 14.4 Å². The molecule has 3 aromatic rings. The molecular weight excluding hydrogens is 585 g/mol. The third-order valence-corrected chi connectivity index (χ3v) is 9.35. The third-order valence-electron chi connectivity index (χ3n) is 6.09. The van der Waals surface area contributed by atoms with E-state index in [-0.39, 0.29) is 23.0 Å². The van der Waals surface area contributed by atoms with Crippen LogP contribution >= 0.6 is 11.3 Å². The zero-order valence-corrected chi connectivity index (χ0v) is 23.2. The summed E-state index contributed by atoms with van der Waals surface area (Å²) in [7, 11) is -4.12. The number of alkyl halides is 3. The zero-order chi connectivity index (χ0) is 29.8. The molecule has 1 heterocycles. The second-order valence-electron chi connectivity index (χ2n) is 9.50. The van der Waals surface area contributed by atoms with Gasteiger partial charge in [-0.25, -0.2) is 13.4 Å². The fourth-order valence-electron chi connectivity index (χ4n) is 3.94. The van der Waals surface area contributed by atoms with Crippen molar-refractivity contribution in [2.45, 2.75) is 36.7 Å². The number of benzene rings is 2. The zero-order valence-electron chi connectivity index (χ0n) is 21.5. The van der Waals surface area contributed by atoms with Crippen LogP contribution in [0.5, 0.6) is 0 Å². The van der Waals surface area contributed by atoms with Gasteiger partial charge in [0, 0.05) is 18.2 Å². The van der Waals surface area contributed by atoms with Gasteiger partial charge in [0.15, 0.2) is 15.1 Å². The van der Waals surface area contributed by atoms with E-state index in [1.54, 1.807) is 24.3 Å². The van der Waals surface area contributed by atoms with E-state index < -0.39 is 64.4 Å². The van der Waals surface area contributed by atoms with Crippen LogP contribution in [-0.4, -0.2) is 73.9 Å². The molecule has 3 amide bonds. The van der Waals surface area contributed by atoms with Gasteiger partial charge < -0.3 is 21.1 Å². The molecule has 15 heteroatoms. The third kappa shape index (κ3) is 8.24. The van der Waals surface area contributed by atoms with E-state index in [2.05, 4.69) is 15.6 Å². The van der Waals surface area contributed by atoms with Gasteiger partial charge in [-0.1, -0.05) is 18.2 Å². The van der Waals surface area contributed by atoms with Crippen molar-refractivity contribution in [2.75, 3.05) is 25.4 Å². The lowest BCUT2D eigenvalue weighted by Gasteiger charge is -2.15. The number of nitrogens with zero attached hydrogens (tertiary/aromatic N) is 1. The number of sulfone groups is 1. The van der Waals surface area contributed by atoms with Crippen molar-refractivity contribution in [3.8, 4) is 11.1 Å². The van der Waals surface area contributed by atoms with Crippen molar-refractivity contribution >= 4 is 49.1 Å². The van der Waals surface area contributed by atoms with Crippen LogP contribution in [0.1, 0.15) is 39.9 Å². The molecule has 1 saturated carbocycles. The van der Waals surface area contributed by atoms with E-state index in [4.69, 9.17) is 5.11 Å². The largest absolute Gasteiger partial charge is 0.405 e. The molecule has 4 rings (SSSR count). The first-order chi connectivity index (χ1) is 19.4. The number of carbonyl (C=O) groups excluding carboxylic acids is 3. The number of fused-ring (bicyclic) bond motifs is 1. The Morgan fingerprint density at radius 1 is 1.07 bits per heavy atom. The molecule has 4 N–H and O–H groups in total. The maximum Gasteiger partial charge on any atom is 0.405 e. The van der Waals surface area contributed by atoms with Crippen LogP contribution in [0.15, 0.2) is 42.5 Å². The number of amides is 3. The number of aromatic nitrogens is 1. The van der Waals surface area contributed by atoms with Crippen molar-refractivity contribution in [1.29, 1.82) is 0 Å². The number of aliphatic hydroxyl groups is 1. The predicted molar refractivity (Wildman–Crippen MR) is 146 cm³/mol. The Hall–Kier alpha value is -3.56. The van der Waals surface area contributed by atoms with Crippen molar-refractivity contribution in [1.82, 2.24) is 20.9 Å². The van der Waals surface area contributed by atoms with Gasteiger partial charge in [-0.2, -0.15) is 13.2 Å². The molecule has 0 bridgehead atoms. The summed E-state index contributed by atoms with van der Waals surface area (Å²) in [6.07, 6.45) is -2.94. The minimum absolute atomic E-state index is 0.0169. The summed E-state index contributed by atoms with van der Waals surface area (Å²) < 4.78 is 64.3. The highest BCUT2D eigenvalue weighted by atomic mass is 32.2. The molecule has 1 aromatic heterocycles. The fourth-order valence-corrected chi connectivity index (χ4v) is 6.99. The van der Waals surface area contributed by atoms with Crippen molar-refractivity contribution in [3.05, 3.63) is 53.0 Å². The Labute approximate surface area is 237 Å². The first-order valence-corrected chi connectivity index (χ1v) is 15.1. The molecule has 41 heavy (non-hydrogen) atoms. The maximum atomic E-state index is 13.1. The summed E-state index contributed by atoms with van der Waals surface area (Å²) in [4.78, 5) is 41.7. The van der Waals surface area contributed by atoms with E-state index in [1.165, 1.54) is 18.2 Å². The number of aliphatic hydroxyl groups excluding tert-OH is 1. The molecule has 0 aliphatic heterocycles. The summed E-state index contributed by atoms with van der Waals surface area (Å²) >= 11 is 0.985. The van der Waals surface area contributed by atoms with E-state index in [0.717, 1.165) is 24.2 Å². The van der Waals surface area contributed by atoms with Crippen LogP contribution in [0, 0.1) is 0 Å². The molecule has 0 spiro atoms. The summed E-state index contributed by atoms with van der Waals surface area (Å²) in [6.45, 7) is -2.26.